The van der Waals surface area contributed by atoms with E-state index >= 15 is 0 Å². The van der Waals surface area contributed by atoms with Crippen molar-refractivity contribution < 1.29 is 23.8 Å². The van der Waals surface area contributed by atoms with E-state index in [1.807, 2.05) is 0 Å². The van der Waals surface area contributed by atoms with Crippen LogP contribution in [0.5, 0.6) is 0 Å². The van der Waals surface area contributed by atoms with Gasteiger partial charge in [0.15, 0.2) is 0 Å². The minimum atomic E-state index is -1.08. The molecule has 0 fully saturated rings. The van der Waals surface area contributed by atoms with Crippen molar-refractivity contribution >= 4 is 23.8 Å². The van der Waals surface area contributed by atoms with E-state index < -0.39 is 17.7 Å². The zero-order valence-corrected chi connectivity index (χ0v) is 12.6. The molecule has 1 heterocycles. The number of ether oxygens (including phenoxy) is 1. The van der Waals surface area contributed by atoms with Crippen molar-refractivity contribution in [3.8, 4) is 0 Å². The fourth-order valence-corrected chi connectivity index (χ4v) is 2.03. The van der Waals surface area contributed by atoms with Gasteiger partial charge in [-0.3, -0.25) is 0 Å². The lowest BCUT2D eigenvalue weighted by Gasteiger charge is -2.19. The zero-order chi connectivity index (χ0) is 15.2. The first-order chi connectivity index (χ1) is 9.28. The van der Waals surface area contributed by atoms with E-state index in [1.54, 1.807) is 26.8 Å². The van der Waals surface area contributed by atoms with E-state index in [4.69, 9.17) is 14.3 Å². The molecular formula is C13H19NO5S. The topological polar surface area (TPSA) is 88.8 Å². The van der Waals surface area contributed by atoms with Gasteiger partial charge in [-0.25, -0.2) is 9.59 Å². The van der Waals surface area contributed by atoms with Crippen molar-refractivity contribution in [1.82, 2.24) is 5.32 Å². The molecule has 6 nitrogen and oxygen atoms in total. The molecule has 0 saturated carbocycles. The average Bonchev–Trinajstić information content (AvgIpc) is 2.75. The normalized spacial score (nSPS) is 11.2. The van der Waals surface area contributed by atoms with Gasteiger partial charge in [0.05, 0.1) is 5.75 Å². The number of aromatic carboxylic acids is 1. The lowest BCUT2D eigenvalue weighted by Crippen LogP contribution is -2.33. The highest BCUT2D eigenvalue weighted by Crippen LogP contribution is 2.15. The van der Waals surface area contributed by atoms with Crippen molar-refractivity contribution in [2.45, 2.75) is 32.1 Å². The van der Waals surface area contributed by atoms with Crippen LogP contribution < -0.4 is 5.32 Å². The molecule has 0 aliphatic heterocycles. The van der Waals surface area contributed by atoms with E-state index in [0.29, 0.717) is 23.8 Å². The van der Waals surface area contributed by atoms with Crippen LogP contribution in [-0.2, 0) is 10.5 Å². The maximum Gasteiger partial charge on any atom is 0.407 e. The number of rotatable bonds is 6. The number of hydrogen-bond donors (Lipinski definition) is 2. The Kier molecular flexibility index (Phi) is 5.94. The highest BCUT2D eigenvalue weighted by Gasteiger charge is 2.15. The van der Waals surface area contributed by atoms with E-state index in [2.05, 4.69) is 5.32 Å². The molecule has 0 saturated heterocycles. The molecule has 0 radical (unpaired) electrons. The van der Waals surface area contributed by atoms with Crippen LogP contribution in [0.1, 0.15) is 37.1 Å². The number of carboxylic acid groups (broad SMARTS) is 1. The van der Waals surface area contributed by atoms with Crippen LogP contribution in [-0.4, -0.2) is 35.1 Å². The third kappa shape index (κ3) is 6.51. The van der Waals surface area contributed by atoms with Crippen LogP contribution in [0, 0.1) is 0 Å². The molecule has 0 bridgehead atoms. The standard InChI is InChI=1S/C13H19NO5S/c1-13(2,3)19-12(17)14-6-7-20-8-9-4-5-10(18-9)11(15)16/h4-5H,6-8H2,1-3H3,(H,14,17)(H,15,16). The van der Waals surface area contributed by atoms with Crippen molar-refractivity contribution in [1.29, 1.82) is 0 Å². The number of alkyl carbamates (subject to hydrolysis) is 1. The van der Waals surface area contributed by atoms with Crippen molar-refractivity contribution in [2.24, 2.45) is 0 Å². The molecule has 2 N–H and O–H groups in total. The summed E-state index contributed by atoms with van der Waals surface area (Å²) in [5.41, 5.74) is -0.501. The molecule has 0 aromatic carbocycles. The average molecular weight is 301 g/mol. The maximum absolute atomic E-state index is 11.3. The second-order valence-corrected chi connectivity index (χ2v) is 6.16. The predicted octanol–water partition coefficient (Wildman–Crippen LogP) is 2.74. The number of thioether (sulfide) groups is 1. The van der Waals surface area contributed by atoms with Gasteiger partial charge in [-0.2, -0.15) is 11.8 Å². The molecule has 0 unspecified atom stereocenters. The Bertz CT molecular complexity index is 464. The highest BCUT2D eigenvalue weighted by molar-refractivity contribution is 7.98. The van der Waals surface area contributed by atoms with Gasteiger partial charge in [-0.15, -0.1) is 0 Å². The van der Waals surface area contributed by atoms with E-state index in [1.165, 1.54) is 17.8 Å². The molecule has 0 spiro atoms. The minimum Gasteiger partial charge on any atom is -0.475 e. The summed E-state index contributed by atoms with van der Waals surface area (Å²) >= 11 is 1.53. The van der Waals surface area contributed by atoms with Gasteiger partial charge in [-0.1, -0.05) is 0 Å². The van der Waals surface area contributed by atoms with E-state index in [0.717, 1.165) is 0 Å². The van der Waals surface area contributed by atoms with Gasteiger partial charge in [0.2, 0.25) is 5.76 Å². The number of amides is 1. The SMILES string of the molecule is CC(C)(C)OC(=O)NCCSCc1ccc(C(=O)O)o1. The summed E-state index contributed by atoms with van der Waals surface area (Å²) in [6.45, 7) is 5.89. The van der Waals surface area contributed by atoms with Gasteiger partial charge in [0.25, 0.3) is 0 Å². The first kappa shape index (κ1) is 16.4. The van der Waals surface area contributed by atoms with Crippen LogP contribution in [0.4, 0.5) is 4.79 Å². The second kappa shape index (κ2) is 7.23. The quantitative estimate of drug-likeness (QED) is 0.785. The summed E-state index contributed by atoms with van der Waals surface area (Å²) in [6, 6.07) is 3.06. The van der Waals surface area contributed by atoms with Crippen LogP contribution in [0.15, 0.2) is 16.5 Å². The second-order valence-electron chi connectivity index (χ2n) is 5.05. The van der Waals surface area contributed by atoms with Crippen molar-refractivity contribution in [3.63, 3.8) is 0 Å². The lowest BCUT2D eigenvalue weighted by atomic mass is 10.2. The lowest BCUT2D eigenvalue weighted by molar-refractivity contribution is 0.0530. The molecule has 7 heteroatoms. The van der Waals surface area contributed by atoms with Crippen LogP contribution >= 0.6 is 11.8 Å². The molecule has 1 rings (SSSR count). The fourth-order valence-electron chi connectivity index (χ4n) is 1.28. The monoisotopic (exact) mass is 301 g/mol. The van der Waals surface area contributed by atoms with Gasteiger partial charge < -0.3 is 19.6 Å². The maximum atomic E-state index is 11.3. The summed E-state index contributed by atoms with van der Waals surface area (Å²) < 4.78 is 10.2. The Morgan fingerprint density at radius 2 is 2.10 bits per heavy atom. The summed E-state index contributed by atoms with van der Waals surface area (Å²) in [5, 5.41) is 11.3. The molecule has 0 aliphatic carbocycles. The van der Waals surface area contributed by atoms with E-state index in [-0.39, 0.29) is 5.76 Å². The smallest absolute Gasteiger partial charge is 0.407 e. The number of furan rings is 1. The third-order valence-corrected chi connectivity index (χ3v) is 3.01. The molecule has 0 atom stereocenters. The van der Waals surface area contributed by atoms with Gasteiger partial charge in [0, 0.05) is 12.3 Å². The molecular weight excluding hydrogens is 282 g/mol. The van der Waals surface area contributed by atoms with Gasteiger partial charge in [0.1, 0.15) is 11.4 Å². The third-order valence-electron chi connectivity index (χ3n) is 2.03. The summed E-state index contributed by atoms with van der Waals surface area (Å²) in [4.78, 5) is 22.0. The predicted molar refractivity (Wildman–Crippen MR) is 76.1 cm³/mol. The molecule has 1 aromatic heterocycles. The van der Waals surface area contributed by atoms with Gasteiger partial charge >= 0.3 is 12.1 Å². The largest absolute Gasteiger partial charge is 0.475 e. The van der Waals surface area contributed by atoms with Crippen LogP contribution in [0.3, 0.4) is 0 Å². The summed E-state index contributed by atoms with van der Waals surface area (Å²) in [5.74, 6) is 0.705. The van der Waals surface area contributed by atoms with Crippen molar-refractivity contribution in [3.05, 3.63) is 23.7 Å². The van der Waals surface area contributed by atoms with E-state index in [9.17, 15) is 9.59 Å². The Labute approximate surface area is 121 Å². The fraction of sp³-hybridized carbons (Fsp3) is 0.538. The highest BCUT2D eigenvalue weighted by atomic mass is 32.2. The Morgan fingerprint density at radius 1 is 1.40 bits per heavy atom. The number of carboxylic acids is 1. The number of carbonyl (C=O) groups is 2. The zero-order valence-electron chi connectivity index (χ0n) is 11.8. The summed E-state index contributed by atoms with van der Waals surface area (Å²) in [6.07, 6.45) is -0.440. The molecule has 1 aromatic rings. The molecule has 20 heavy (non-hydrogen) atoms. The van der Waals surface area contributed by atoms with Crippen LogP contribution in [0.25, 0.3) is 0 Å². The molecule has 1 amide bonds. The number of carbonyl (C=O) groups excluding carboxylic acids is 1. The Balaban J connectivity index is 2.16. The summed E-state index contributed by atoms with van der Waals surface area (Å²) in [7, 11) is 0. The first-order valence-corrected chi connectivity index (χ1v) is 7.30. The number of hydrogen-bond acceptors (Lipinski definition) is 5. The first-order valence-electron chi connectivity index (χ1n) is 6.14. The minimum absolute atomic E-state index is 0.0625. The number of nitrogens with one attached hydrogen (secondary N) is 1. The molecule has 112 valence electrons. The van der Waals surface area contributed by atoms with Gasteiger partial charge in [-0.05, 0) is 32.9 Å². The Hall–Kier alpha value is -1.63. The van der Waals surface area contributed by atoms with Crippen molar-refractivity contribution in [2.75, 3.05) is 12.3 Å². The van der Waals surface area contributed by atoms with Crippen LogP contribution in [0.2, 0.25) is 0 Å². The Morgan fingerprint density at radius 3 is 2.65 bits per heavy atom. The molecule has 0 aliphatic rings.